The molecular weight excluding hydrogens is 1480 g/mol. The predicted octanol–water partition coefficient (Wildman–Crippen LogP) is 18.0. The van der Waals surface area contributed by atoms with Crippen molar-refractivity contribution >= 4 is 80.0 Å². The van der Waals surface area contributed by atoms with E-state index < -0.39 is 17.6 Å². The number of amides is 2. The van der Waals surface area contributed by atoms with Crippen molar-refractivity contribution in [1.29, 1.82) is 15.8 Å². The van der Waals surface area contributed by atoms with Crippen LogP contribution in [0.3, 0.4) is 0 Å². The van der Waals surface area contributed by atoms with E-state index in [1.807, 2.05) is 162 Å². The molecule has 0 saturated carbocycles. The second-order valence-electron chi connectivity index (χ2n) is 27.4. The van der Waals surface area contributed by atoms with E-state index in [0.29, 0.717) is 120 Å². The molecule has 0 aliphatic carbocycles. The summed E-state index contributed by atoms with van der Waals surface area (Å²) in [6, 6.07) is 64.3. The molecule has 2 amide bonds. The van der Waals surface area contributed by atoms with Crippen LogP contribution in [-0.2, 0) is 20.6 Å². The topological polar surface area (TPSA) is 361 Å². The van der Waals surface area contributed by atoms with Gasteiger partial charge in [0.15, 0.2) is 16.8 Å². The van der Waals surface area contributed by atoms with Gasteiger partial charge in [-0.05, 0) is 272 Å². The van der Waals surface area contributed by atoms with Crippen molar-refractivity contribution in [1.82, 2.24) is 58.8 Å². The van der Waals surface area contributed by atoms with E-state index in [-0.39, 0.29) is 5.56 Å². The molecule has 0 atom stereocenters. The average Bonchev–Trinajstić information content (AvgIpc) is 1.71. The monoisotopic (exact) mass is 1550 g/mol. The largest absolute Gasteiger partial charge is 0.497 e. The lowest BCUT2D eigenvalue weighted by molar-refractivity contribution is 0.0991. The summed E-state index contributed by atoms with van der Waals surface area (Å²) in [7, 11) is 5.34. The van der Waals surface area contributed by atoms with Crippen molar-refractivity contribution in [2.75, 3.05) is 23.1 Å². The fourth-order valence-electron chi connectivity index (χ4n) is 13.2. The van der Waals surface area contributed by atoms with Crippen LogP contribution in [-0.4, -0.2) is 77.7 Å². The summed E-state index contributed by atoms with van der Waals surface area (Å²) in [6.07, 6.45) is 8.87. The van der Waals surface area contributed by atoms with Crippen molar-refractivity contribution in [3.05, 3.63) is 298 Å². The minimum Gasteiger partial charge on any atom is -0.497 e. The van der Waals surface area contributed by atoms with Crippen LogP contribution < -0.4 is 46.4 Å². The number of nitrogens with two attached hydrogens (primary N) is 2. The van der Waals surface area contributed by atoms with Gasteiger partial charge in [0.25, 0.3) is 5.88 Å². The van der Waals surface area contributed by atoms with Crippen LogP contribution in [0.5, 0.6) is 40.6 Å². The van der Waals surface area contributed by atoms with E-state index in [0.717, 1.165) is 95.8 Å². The Kier molecular flexibility index (Phi) is 22.4. The lowest BCUT2D eigenvalue weighted by atomic mass is 9.98. The summed E-state index contributed by atoms with van der Waals surface area (Å²) in [5.41, 5.74) is 29.8. The molecule has 7 aromatic heterocycles. The minimum atomic E-state index is -0.684. The number of nitrogens with zero attached hydrogens (tertiary/aromatic N) is 15. The number of fused-ring (bicyclic) bond motifs is 3. The van der Waals surface area contributed by atoms with Crippen LogP contribution >= 0.6 is 0 Å². The molecule has 576 valence electrons. The Morgan fingerprint density at radius 2 is 0.940 bits per heavy atom. The maximum Gasteiger partial charge on any atom is 0.250 e. The first kappa shape index (κ1) is 77.5. The van der Waals surface area contributed by atoms with Gasteiger partial charge in [-0.15, -0.1) is 0 Å². The number of nitriles is 3. The fraction of sp³-hybridized carbons (Fsp3) is 0.111. The van der Waals surface area contributed by atoms with Crippen molar-refractivity contribution in [3.63, 3.8) is 0 Å². The van der Waals surface area contributed by atoms with E-state index in [2.05, 4.69) is 86.3 Å². The second kappa shape index (κ2) is 33.8. The average molecular weight is 1550 g/mol. The van der Waals surface area contributed by atoms with Gasteiger partial charge in [-0.25, -0.2) is 14.4 Å². The molecule has 16 aromatic rings. The van der Waals surface area contributed by atoms with E-state index >= 15 is 0 Å². The van der Waals surface area contributed by atoms with Gasteiger partial charge < -0.3 is 55.5 Å². The van der Waals surface area contributed by atoms with Gasteiger partial charge in [0.05, 0.1) is 60.0 Å². The second-order valence-corrected chi connectivity index (χ2v) is 27.4. The first-order chi connectivity index (χ1) is 56.5. The number of primary amides is 2. The molecular formula is C90H73FN20O6. The Morgan fingerprint density at radius 1 is 0.487 bits per heavy atom. The van der Waals surface area contributed by atoms with E-state index in [4.69, 9.17) is 51.2 Å². The number of carbonyl (C=O) groups is 2. The number of anilines is 6. The maximum absolute atomic E-state index is 14.8. The van der Waals surface area contributed by atoms with Crippen molar-refractivity contribution < 1.29 is 32.9 Å². The summed E-state index contributed by atoms with van der Waals surface area (Å²) in [6.45, 7) is 12.3. The standard InChI is InChI=1S/C35H29N7O3.C29H23FN6O2.C26H21N7O/c1-21-16-27(25-8-10-26(11-9-25)32(37)43)17-22(2)31(21)45-34-30-33(38-20-42(30)19-24-6-14-29(44-3)15-7-24)40-35(41-34)39-28-12-4-23(18-36)5-13-28;1-16-12-20(22-9-6-19(27(32)37)14-23(22)30)13-17(2)26(16)38-28-25-24(10-11-36(25)3)34-29(35-28)33-21-7-4-18(15-31)5-8-21;1-16-12-20(19-8-10-28-11-9-19)13-17(2)23(16)34-25-22-15-29-33(3)24(22)31-26(32-25)30-21-6-4-18(14-27)5-7-21/h4-17,20H,19H2,1-3H3,(H2,37,43)(H,39,40,41);4-14H,1-3H3,(H2,32,37)(H,33,34,35);4-13,15H,1-3H3,(H,30,31,32). The van der Waals surface area contributed by atoms with Gasteiger partial charge in [0.2, 0.25) is 41.4 Å². The number of aromatic nitrogens is 12. The van der Waals surface area contributed by atoms with Crippen molar-refractivity contribution in [2.45, 2.75) is 48.1 Å². The molecule has 0 bridgehead atoms. The summed E-state index contributed by atoms with van der Waals surface area (Å²) in [5, 5.41) is 41.8. The molecule has 0 aliphatic heterocycles. The van der Waals surface area contributed by atoms with Gasteiger partial charge in [-0.3, -0.25) is 19.3 Å². The normalized spacial score (nSPS) is 10.8. The summed E-state index contributed by atoms with van der Waals surface area (Å²) in [5.74, 6) is 3.22. The number of carbonyl (C=O) groups excluding carboxylic acids is 2. The van der Waals surface area contributed by atoms with Crippen LogP contribution in [0.4, 0.5) is 39.3 Å². The number of pyridine rings is 1. The molecule has 0 spiro atoms. The summed E-state index contributed by atoms with van der Waals surface area (Å²) in [4.78, 5) is 59.5. The quantitative estimate of drug-likeness (QED) is 0.0473. The summed E-state index contributed by atoms with van der Waals surface area (Å²) >= 11 is 0. The molecule has 7 heterocycles. The lowest BCUT2D eigenvalue weighted by Crippen LogP contribution is -2.11. The van der Waals surface area contributed by atoms with E-state index in [9.17, 15) is 14.0 Å². The zero-order valence-corrected chi connectivity index (χ0v) is 64.8. The van der Waals surface area contributed by atoms with Crippen LogP contribution in [0, 0.1) is 81.4 Å². The van der Waals surface area contributed by atoms with Gasteiger partial charge in [-0.2, -0.15) is 45.8 Å². The number of methoxy groups -OCH3 is 1. The Bertz CT molecular complexity index is 6540. The number of imidazole rings is 1. The Hall–Kier alpha value is -16.2. The molecule has 26 nitrogen and oxygen atoms in total. The first-order valence-corrected chi connectivity index (χ1v) is 36.5. The minimum absolute atomic E-state index is 0.111. The van der Waals surface area contributed by atoms with Crippen LogP contribution in [0.15, 0.2) is 225 Å². The predicted molar refractivity (Wildman–Crippen MR) is 445 cm³/mol. The third-order valence-corrected chi connectivity index (χ3v) is 19.1. The number of halogens is 1. The molecule has 0 aliphatic rings. The smallest absolute Gasteiger partial charge is 0.250 e. The first-order valence-electron chi connectivity index (χ1n) is 36.5. The number of benzene rings is 9. The molecule has 0 saturated heterocycles. The van der Waals surface area contributed by atoms with Crippen LogP contribution in [0.2, 0.25) is 0 Å². The highest BCUT2D eigenvalue weighted by Gasteiger charge is 2.23. The molecule has 27 heteroatoms. The van der Waals surface area contributed by atoms with E-state index in [1.165, 1.54) is 6.07 Å². The third kappa shape index (κ3) is 17.5. The molecule has 16 rings (SSSR count). The number of aryl methyl sites for hydroxylation is 8. The zero-order valence-electron chi connectivity index (χ0n) is 64.8. The van der Waals surface area contributed by atoms with Crippen LogP contribution in [0.25, 0.3) is 66.6 Å². The van der Waals surface area contributed by atoms with Crippen molar-refractivity contribution in [3.8, 4) is 92.2 Å². The maximum atomic E-state index is 14.8. The number of ether oxygens (including phenoxy) is 4. The number of hydrogen-bond donors (Lipinski definition) is 5. The molecule has 7 N–H and O–H groups in total. The highest BCUT2D eigenvalue weighted by Crippen LogP contribution is 2.41. The van der Waals surface area contributed by atoms with Gasteiger partial charge >= 0.3 is 0 Å². The van der Waals surface area contributed by atoms with Crippen LogP contribution in [0.1, 0.15) is 76.4 Å². The number of rotatable bonds is 20. The van der Waals surface area contributed by atoms with Gasteiger partial charge in [0.1, 0.15) is 39.7 Å². The lowest BCUT2D eigenvalue weighted by Gasteiger charge is -2.16. The highest BCUT2D eigenvalue weighted by molar-refractivity contribution is 5.94. The molecule has 117 heavy (non-hydrogen) atoms. The Morgan fingerprint density at radius 3 is 1.43 bits per heavy atom. The fourth-order valence-corrected chi connectivity index (χ4v) is 13.2. The SMILES string of the molecule is COc1ccc(Cn2cnc3nc(Nc4ccc(C#N)cc4)nc(Oc4c(C)cc(-c5ccc(C(N)=O)cc5)cc4C)c32)cc1.Cc1cc(-c2ccc(C(N)=O)cc2F)cc(C)c1Oc1nc(Nc2ccc(C#N)cc2)nc2ccn(C)c12.Cc1cc(-c2ccncc2)cc(C)c1Oc1nc(Nc2ccc(C#N)cc2)nc2c1cnn2C. The molecule has 9 aromatic carbocycles. The highest BCUT2D eigenvalue weighted by atomic mass is 19.1. The zero-order chi connectivity index (χ0) is 82.1. The Labute approximate surface area is 670 Å². The Balaban J connectivity index is 0.000000146. The van der Waals surface area contributed by atoms with Gasteiger partial charge in [0, 0.05) is 73.0 Å². The molecule has 0 fully saturated rings. The van der Waals surface area contributed by atoms with Crippen molar-refractivity contribution in [2.24, 2.45) is 25.6 Å². The number of hydrogen-bond acceptors (Lipinski definition) is 21. The number of nitrogens with one attached hydrogen (secondary N) is 3. The summed E-state index contributed by atoms with van der Waals surface area (Å²) < 4.78 is 44.9. The molecule has 0 unspecified atom stereocenters. The molecule has 0 radical (unpaired) electrons. The van der Waals surface area contributed by atoms with E-state index in [1.54, 1.807) is 116 Å². The third-order valence-electron chi connectivity index (χ3n) is 19.1. The van der Waals surface area contributed by atoms with Gasteiger partial charge in [-0.1, -0.05) is 30.3 Å².